The molecule has 2 saturated carbocycles. The molecule has 46 heavy (non-hydrogen) atoms. The maximum atomic E-state index is 9.31. The minimum absolute atomic E-state index is 0.232. The second-order valence-electron chi connectivity index (χ2n) is 12.3. The van der Waals surface area contributed by atoms with Crippen molar-refractivity contribution in [3.8, 4) is 45.4 Å². The van der Waals surface area contributed by atoms with Crippen molar-refractivity contribution < 1.29 is 19.7 Å². The highest BCUT2D eigenvalue weighted by Gasteiger charge is 2.29. The summed E-state index contributed by atoms with van der Waals surface area (Å²) in [6.07, 6.45) is 9.25. The summed E-state index contributed by atoms with van der Waals surface area (Å²) in [5, 5.41) is 23.1. The third-order valence-electron chi connectivity index (χ3n) is 9.28. The Morgan fingerprint density at radius 2 is 1.22 bits per heavy atom. The third-order valence-corrected chi connectivity index (χ3v) is 10.1. The van der Waals surface area contributed by atoms with Crippen LogP contribution >= 0.6 is 23.2 Å². The van der Waals surface area contributed by atoms with Crippen LogP contribution in [0.2, 0.25) is 10.0 Å². The van der Waals surface area contributed by atoms with Crippen LogP contribution in [0.3, 0.4) is 0 Å². The Morgan fingerprint density at radius 1 is 0.717 bits per heavy atom. The second-order valence-corrected chi connectivity index (χ2v) is 13.0. The molecule has 2 fully saturated rings. The normalized spacial score (nSPS) is 20.6. The van der Waals surface area contributed by atoms with E-state index in [4.69, 9.17) is 47.6 Å². The predicted octanol–water partition coefficient (Wildman–Crippen LogP) is 6.40. The smallest absolute Gasteiger partial charge is 0.237 e. The van der Waals surface area contributed by atoms with Gasteiger partial charge in [-0.15, -0.1) is 0 Å². The number of aromatic nitrogens is 4. The average Bonchev–Trinajstić information content (AvgIpc) is 3.04. The molecule has 2 aliphatic rings. The van der Waals surface area contributed by atoms with Crippen LogP contribution in [-0.4, -0.2) is 63.6 Å². The highest BCUT2D eigenvalue weighted by Crippen LogP contribution is 2.42. The van der Waals surface area contributed by atoms with Gasteiger partial charge in [0, 0.05) is 48.1 Å². The number of hydrogen-bond donors (Lipinski definition) is 3. The van der Waals surface area contributed by atoms with Gasteiger partial charge in [0.2, 0.25) is 11.8 Å². The molecule has 0 radical (unpaired) electrons. The second kappa shape index (κ2) is 14.6. The number of nitrogens with zero attached hydrogens (tertiary/aromatic N) is 4. The number of aryl methyl sites for hydroxylation is 1. The number of benzene rings is 2. The molecule has 2 aliphatic carbocycles. The van der Waals surface area contributed by atoms with Crippen LogP contribution in [0.25, 0.3) is 33.6 Å². The number of methoxy groups -OCH3 is 2. The van der Waals surface area contributed by atoms with Crippen LogP contribution in [0.15, 0.2) is 48.8 Å². The van der Waals surface area contributed by atoms with Crippen molar-refractivity contribution in [2.45, 2.75) is 51.1 Å². The molecule has 242 valence electrons. The standard InChI is InChI=1S/C35H39Cl2N5O4/c1-45-34-28(10-9-20-11-21(12-20)18-43)39-15-29(41-34)26-7-3-5-24(32(26)36)25-6-4-8-27(33(25)37)30-16-40-31(35(42-30)46-2)17-38-23-13-22(14-23)19-44/h3-8,15-16,20-23,38,43-44H,9-14,17-19H2,1-2H3. The van der Waals surface area contributed by atoms with Crippen molar-refractivity contribution in [1.29, 1.82) is 0 Å². The Morgan fingerprint density at radius 3 is 1.76 bits per heavy atom. The lowest BCUT2D eigenvalue weighted by Crippen LogP contribution is -2.42. The Labute approximate surface area is 279 Å². The molecule has 9 nitrogen and oxygen atoms in total. The van der Waals surface area contributed by atoms with Gasteiger partial charge in [-0.1, -0.05) is 59.6 Å². The van der Waals surface area contributed by atoms with Crippen molar-refractivity contribution >= 4 is 23.2 Å². The Bertz CT molecular complexity index is 1550. The van der Waals surface area contributed by atoms with Gasteiger partial charge in [-0.2, -0.15) is 0 Å². The van der Waals surface area contributed by atoms with Gasteiger partial charge < -0.3 is 25.0 Å². The number of aliphatic hydroxyl groups is 2. The van der Waals surface area contributed by atoms with E-state index in [-0.39, 0.29) is 13.2 Å². The molecular weight excluding hydrogens is 625 g/mol. The van der Waals surface area contributed by atoms with Crippen LogP contribution < -0.4 is 14.8 Å². The molecule has 0 unspecified atom stereocenters. The molecular formula is C35H39Cl2N5O4. The van der Waals surface area contributed by atoms with E-state index < -0.39 is 0 Å². The Hall–Kier alpha value is -3.34. The number of hydrogen-bond acceptors (Lipinski definition) is 9. The first kappa shape index (κ1) is 32.6. The summed E-state index contributed by atoms with van der Waals surface area (Å²) in [5.74, 6) is 2.34. The lowest BCUT2D eigenvalue weighted by Gasteiger charge is -2.34. The van der Waals surface area contributed by atoms with Gasteiger partial charge in [0.1, 0.15) is 11.4 Å². The molecule has 4 aromatic rings. The molecule has 6 rings (SSSR count). The van der Waals surface area contributed by atoms with Gasteiger partial charge in [0.25, 0.3) is 0 Å². The summed E-state index contributed by atoms with van der Waals surface area (Å²) >= 11 is 14.1. The van der Waals surface area contributed by atoms with Crippen molar-refractivity contribution in [1.82, 2.24) is 25.3 Å². The van der Waals surface area contributed by atoms with Crippen LogP contribution in [0, 0.1) is 17.8 Å². The van der Waals surface area contributed by atoms with Crippen LogP contribution in [-0.2, 0) is 13.0 Å². The summed E-state index contributed by atoms with van der Waals surface area (Å²) in [6.45, 7) is 1.02. The Kier molecular flexibility index (Phi) is 10.4. The quantitative estimate of drug-likeness (QED) is 0.149. The van der Waals surface area contributed by atoms with Crippen LogP contribution in [0.1, 0.15) is 43.5 Å². The van der Waals surface area contributed by atoms with E-state index in [2.05, 4.69) is 10.3 Å². The lowest BCUT2D eigenvalue weighted by molar-refractivity contribution is 0.102. The monoisotopic (exact) mass is 663 g/mol. The molecule has 11 heteroatoms. The van der Waals surface area contributed by atoms with Gasteiger partial charge in [-0.3, -0.25) is 9.97 Å². The van der Waals surface area contributed by atoms with Gasteiger partial charge in [0.15, 0.2) is 0 Å². The molecule has 2 aromatic carbocycles. The van der Waals surface area contributed by atoms with E-state index >= 15 is 0 Å². The zero-order chi connectivity index (χ0) is 32.2. The molecule has 0 spiro atoms. The summed E-state index contributed by atoms with van der Waals surface area (Å²) in [4.78, 5) is 18.9. The summed E-state index contributed by atoms with van der Waals surface area (Å²) in [5.41, 5.74) is 5.65. The fourth-order valence-corrected chi connectivity index (χ4v) is 7.09. The Balaban J connectivity index is 1.22. The van der Waals surface area contributed by atoms with Crippen molar-refractivity contribution in [3.63, 3.8) is 0 Å². The van der Waals surface area contributed by atoms with Crippen molar-refractivity contribution in [2.75, 3.05) is 27.4 Å². The topological polar surface area (TPSA) is 123 Å². The molecule has 2 aromatic heterocycles. The molecule has 0 aliphatic heterocycles. The molecule has 0 bridgehead atoms. The highest BCUT2D eigenvalue weighted by molar-refractivity contribution is 6.39. The molecule has 2 heterocycles. The van der Waals surface area contributed by atoms with E-state index in [9.17, 15) is 10.2 Å². The van der Waals surface area contributed by atoms with Gasteiger partial charge in [-0.05, 0) is 56.3 Å². The predicted molar refractivity (Wildman–Crippen MR) is 179 cm³/mol. The fraction of sp³-hybridized carbons (Fsp3) is 0.429. The maximum absolute atomic E-state index is 9.31. The van der Waals surface area contributed by atoms with Gasteiger partial charge >= 0.3 is 0 Å². The zero-order valence-electron chi connectivity index (χ0n) is 26.0. The SMILES string of the molecule is COc1nc(-c2cccc(-c3cccc(-c4cnc(CNC5CC(CO)C5)c(OC)n4)c3Cl)c2Cl)cnc1CCC1CC(CO)C1. The van der Waals surface area contributed by atoms with Crippen molar-refractivity contribution in [3.05, 3.63) is 70.2 Å². The number of aliphatic hydroxyl groups excluding tert-OH is 2. The van der Waals surface area contributed by atoms with E-state index in [1.54, 1.807) is 26.6 Å². The molecule has 3 N–H and O–H groups in total. The van der Waals surface area contributed by atoms with E-state index in [0.29, 0.717) is 74.8 Å². The molecule has 0 atom stereocenters. The highest BCUT2D eigenvalue weighted by atomic mass is 35.5. The fourth-order valence-electron chi connectivity index (χ4n) is 6.44. The third kappa shape index (κ3) is 6.85. The summed E-state index contributed by atoms with van der Waals surface area (Å²) < 4.78 is 11.2. The van der Waals surface area contributed by atoms with Crippen LogP contribution in [0.4, 0.5) is 0 Å². The number of ether oxygens (including phenoxy) is 2. The van der Waals surface area contributed by atoms with Crippen LogP contribution in [0.5, 0.6) is 11.8 Å². The van der Waals surface area contributed by atoms with E-state index in [1.165, 1.54) is 0 Å². The van der Waals surface area contributed by atoms with Gasteiger partial charge in [0.05, 0.1) is 48.0 Å². The minimum Gasteiger partial charge on any atom is -0.480 e. The first-order valence-electron chi connectivity index (χ1n) is 15.7. The maximum Gasteiger partial charge on any atom is 0.237 e. The average molecular weight is 665 g/mol. The zero-order valence-corrected chi connectivity index (χ0v) is 27.6. The minimum atomic E-state index is 0.232. The van der Waals surface area contributed by atoms with E-state index in [0.717, 1.165) is 60.9 Å². The lowest BCUT2D eigenvalue weighted by atomic mass is 9.73. The van der Waals surface area contributed by atoms with E-state index in [1.807, 2.05) is 36.4 Å². The largest absolute Gasteiger partial charge is 0.480 e. The number of halogens is 2. The molecule has 0 amide bonds. The molecule has 0 saturated heterocycles. The summed E-state index contributed by atoms with van der Waals surface area (Å²) in [7, 11) is 3.19. The summed E-state index contributed by atoms with van der Waals surface area (Å²) in [6, 6.07) is 11.9. The van der Waals surface area contributed by atoms with Gasteiger partial charge in [-0.25, -0.2) is 9.97 Å². The van der Waals surface area contributed by atoms with Crippen molar-refractivity contribution in [2.24, 2.45) is 17.8 Å². The number of rotatable bonds is 13. The first-order valence-corrected chi connectivity index (χ1v) is 16.5. The number of nitrogens with one attached hydrogen (secondary N) is 1. The first-order chi connectivity index (χ1) is 22.4.